The molecule has 0 spiro atoms. The van der Waals surface area contributed by atoms with E-state index < -0.39 is 0 Å². The predicted octanol–water partition coefficient (Wildman–Crippen LogP) is 4.96. The lowest BCUT2D eigenvalue weighted by molar-refractivity contribution is -0.131. The minimum atomic E-state index is -0.00107. The number of halogens is 1. The fourth-order valence-corrected chi connectivity index (χ4v) is 4.73. The number of amides is 1. The molecule has 0 bridgehead atoms. The number of carbonyl (C=O) groups excluding carboxylic acids is 1. The lowest BCUT2D eigenvalue weighted by Crippen LogP contribution is -2.32. The van der Waals surface area contributed by atoms with Gasteiger partial charge in [0, 0.05) is 36.4 Å². The molecule has 0 saturated carbocycles. The number of fused-ring (bicyclic) bond motifs is 1. The first-order valence-corrected chi connectivity index (χ1v) is 10.7. The number of hydrogen-bond donors (Lipinski definition) is 0. The Hall–Kier alpha value is -2.40. The summed E-state index contributed by atoms with van der Waals surface area (Å²) in [6.07, 6.45) is 5.91. The Labute approximate surface area is 176 Å². The fourth-order valence-electron chi connectivity index (χ4n) is 4.36. The van der Waals surface area contributed by atoms with Gasteiger partial charge in [-0.1, -0.05) is 49.7 Å². The minimum Gasteiger partial charge on any atom is -0.335 e. The van der Waals surface area contributed by atoms with E-state index in [1.54, 1.807) is 0 Å². The third-order valence-electron chi connectivity index (χ3n) is 5.65. The predicted molar refractivity (Wildman–Crippen MR) is 116 cm³/mol. The van der Waals surface area contributed by atoms with Gasteiger partial charge in [0.05, 0.1) is 18.2 Å². The molecule has 152 valence electrons. The topological polar surface area (TPSA) is 51.0 Å². The van der Waals surface area contributed by atoms with Crippen molar-refractivity contribution in [1.29, 1.82) is 0 Å². The summed E-state index contributed by atoms with van der Waals surface area (Å²) in [5, 5.41) is 7.47. The van der Waals surface area contributed by atoms with Crippen LogP contribution in [0.25, 0.3) is 10.8 Å². The zero-order valence-electron chi connectivity index (χ0n) is 17.2. The van der Waals surface area contributed by atoms with Gasteiger partial charge in [0.25, 0.3) is 0 Å². The van der Waals surface area contributed by atoms with Crippen LogP contribution in [0, 0.1) is 12.8 Å². The molecule has 1 amide bonds. The molecule has 0 radical (unpaired) electrons. The fraction of sp³-hybridized carbons (Fsp3) is 0.435. The number of carbonyl (C=O) groups is 1. The van der Waals surface area contributed by atoms with Gasteiger partial charge in [-0.3, -0.25) is 14.5 Å². The highest BCUT2D eigenvalue weighted by Gasteiger charge is 2.34. The molecule has 1 atom stereocenters. The lowest BCUT2D eigenvalue weighted by atomic mass is 10.0. The summed E-state index contributed by atoms with van der Waals surface area (Å²) in [6, 6.07) is 8.07. The van der Waals surface area contributed by atoms with Crippen LogP contribution in [0.4, 0.5) is 0 Å². The van der Waals surface area contributed by atoms with Gasteiger partial charge in [-0.05, 0) is 36.6 Å². The van der Waals surface area contributed by atoms with Crippen LogP contribution in [-0.4, -0.2) is 32.1 Å². The number of pyridine rings is 1. The van der Waals surface area contributed by atoms with Crippen LogP contribution >= 0.6 is 11.6 Å². The SMILES string of the molecule is Cc1nn(CC(C)C)c(Cl)c1C1CCCN1C(=O)Cc1cncc2ccccc12. The van der Waals surface area contributed by atoms with Gasteiger partial charge >= 0.3 is 0 Å². The van der Waals surface area contributed by atoms with Gasteiger partial charge in [-0.15, -0.1) is 0 Å². The van der Waals surface area contributed by atoms with E-state index in [4.69, 9.17) is 11.6 Å². The van der Waals surface area contributed by atoms with Crippen molar-refractivity contribution >= 4 is 28.3 Å². The summed E-state index contributed by atoms with van der Waals surface area (Å²) in [5.74, 6) is 0.581. The third-order valence-corrected chi connectivity index (χ3v) is 6.04. The van der Waals surface area contributed by atoms with Crippen molar-refractivity contribution in [1.82, 2.24) is 19.7 Å². The van der Waals surface area contributed by atoms with Crippen molar-refractivity contribution in [3.05, 3.63) is 58.6 Å². The summed E-state index contributed by atoms with van der Waals surface area (Å²) in [7, 11) is 0. The van der Waals surface area contributed by atoms with E-state index in [1.807, 2.05) is 47.1 Å². The molecule has 6 heteroatoms. The third kappa shape index (κ3) is 3.88. The van der Waals surface area contributed by atoms with Crippen LogP contribution in [0.2, 0.25) is 5.15 Å². The second-order valence-electron chi connectivity index (χ2n) is 8.31. The Bertz CT molecular complexity index is 1040. The van der Waals surface area contributed by atoms with Crippen molar-refractivity contribution in [2.45, 2.75) is 52.6 Å². The largest absolute Gasteiger partial charge is 0.335 e. The summed E-state index contributed by atoms with van der Waals surface area (Å²) >= 11 is 6.71. The lowest BCUT2D eigenvalue weighted by Gasteiger charge is -2.25. The molecule has 1 unspecified atom stereocenters. The molecule has 0 N–H and O–H groups in total. The second-order valence-corrected chi connectivity index (χ2v) is 8.67. The molecule has 0 aliphatic carbocycles. The Balaban J connectivity index is 1.60. The van der Waals surface area contributed by atoms with E-state index in [0.29, 0.717) is 17.5 Å². The maximum Gasteiger partial charge on any atom is 0.227 e. The molecule has 1 fully saturated rings. The molecule has 1 aromatic carbocycles. The summed E-state index contributed by atoms with van der Waals surface area (Å²) in [5.41, 5.74) is 2.90. The first kappa shape index (κ1) is 19.9. The molecule has 5 nitrogen and oxygen atoms in total. The number of nitrogens with zero attached hydrogens (tertiary/aromatic N) is 4. The number of aryl methyl sites for hydroxylation is 1. The van der Waals surface area contributed by atoms with Crippen LogP contribution in [0.15, 0.2) is 36.7 Å². The molecule has 3 heterocycles. The van der Waals surface area contributed by atoms with Gasteiger partial charge in [0.2, 0.25) is 5.91 Å². The van der Waals surface area contributed by atoms with Crippen LogP contribution in [0.5, 0.6) is 0 Å². The highest BCUT2D eigenvalue weighted by Crippen LogP contribution is 2.38. The first-order chi connectivity index (χ1) is 14.0. The number of aromatic nitrogens is 3. The maximum atomic E-state index is 13.3. The van der Waals surface area contributed by atoms with E-state index >= 15 is 0 Å². The number of likely N-dealkylation sites (tertiary alicyclic amines) is 1. The monoisotopic (exact) mass is 410 g/mol. The summed E-state index contributed by atoms with van der Waals surface area (Å²) in [6.45, 7) is 7.83. The molecular weight excluding hydrogens is 384 g/mol. The zero-order valence-corrected chi connectivity index (χ0v) is 18.0. The maximum absolute atomic E-state index is 13.3. The minimum absolute atomic E-state index is 0.00107. The van der Waals surface area contributed by atoms with Crippen molar-refractivity contribution in [2.24, 2.45) is 5.92 Å². The Morgan fingerprint density at radius 3 is 2.86 bits per heavy atom. The van der Waals surface area contributed by atoms with E-state index in [1.165, 1.54) is 0 Å². The molecule has 1 saturated heterocycles. The molecule has 2 aromatic heterocycles. The zero-order chi connectivity index (χ0) is 20.5. The molecule has 1 aliphatic heterocycles. The smallest absolute Gasteiger partial charge is 0.227 e. The van der Waals surface area contributed by atoms with Gasteiger partial charge < -0.3 is 4.90 Å². The van der Waals surface area contributed by atoms with E-state index in [2.05, 4.69) is 30.0 Å². The molecular formula is C23H27ClN4O. The average Bonchev–Trinajstić information content (AvgIpc) is 3.26. The van der Waals surface area contributed by atoms with E-state index in [0.717, 1.165) is 53.5 Å². The molecule has 1 aliphatic rings. The van der Waals surface area contributed by atoms with E-state index in [9.17, 15) is 4.79 Å². The standard InChI is InChI=1S/C23H27ClN4O/c1-15(2)14-28-23(24)22(16(3)26-28)20-9-6-10-27(20)21(29)11-18-13-25-12-17-7-4-5-8-19(17)18/h4-5,7-8,12-13,15,20H,6,9-11,14H2,1-3H3. The Morgan fingerprint density at radius 2 is 2.07 bits per heavy atom. The van der Waals surface area contributed by atoms with Gasteiger partial charge in [-0.2, -0.15) is 5.10 Å². The average molecular weight is 411 g/mol. The molecule has 3 aromatic rings. The number of hydrogen-bond acceptors (Lipinski definition) is 3. The summed E-state index contributed by atoms with van der Waals surface area (Å²) < 4.78 is 1.88. The van der Waals surface area contributed by atoms with Crippen molar-refractivity contribution in [3.8, 4) is 0 Å². The van der Waals surface area contributed by atoms with Gasteiger partial charge in [0.1, 0.15) is 5.15 Å². The molecule has 29 heavy (non-hydrogen) atoms. The van der Waals surface area contributed by atoms with Crippen LogP contribution in [-0.2, 0) is 17.8 Å². The van der Waals surface area contributed by atoms with Crippen LogP contribution < -0.4 is 0 Å². The van der Waals surface area contributed by atoms with E-state index in [-0.39, 0.29) is 11.9 Å². The summed E-state index contributed by atoms with van der Waals surface area (Å²) in [4.78, 5) is 19.6. The van der Waals surface area contributed by atoms with Crippen molar-refractivity contribution < 1.29 is 4.79 Å². The van der Waals surface area contributed by atoms with Crippen molar-refractivity contribution in [2.75, 3.05) is 6.54 Å². The van der Waals surface area contributed by atoms with Crippen LogP contribution in [0.3, 0.4) is 0 Å². The normalized spacial score (nSPS) is 16.9. The number of rotatable bonds is 5. The Morgan fingerprint density at radius 1 is 1.28 bits per heavy atom. The number of benzene rings is 1. The van der Waals surface area contributed by atoms with Gasteiger partial charge in [-0.25, -0.2) is 0 Å². The first-order valence-electron chi connectivity index (χ1n) is 10.3. The van der Waals surface area contributed by atoms with Gasteiger partial charge in [0.15, 0.2) is 0 Å². The molecule has 4 rings (SSSR count). The Kier molecular flexibility index (Phi) is 5.59. The quantitative estimate of drug-likeness (QED) is 0.597. The second kappa shape index (κ2) is 8.15. The highest BCUT2D eigenvalue weighted by molar-refractivity contribution is 6.30. The highest BCUT2D eigenvalue weighted by atomic mass is 35.5. The van der Waals surface area contributed by atoms with Crippen LogP contribution in [0.1, 0.15) is 49.6 Å². The van der Waals surface area contributed by atoms with Crippen molar-refractivity contribution in [3.63, 3.8) is 0 Å².